The van der Waals surface area contributed by atoms with Crippen molar-refractivity contribution in [1.82, 2.24) is 10.2 Å². The second-order valence-corrected chi connectivity index (χ2v) is 7.90. The summed E-state index contributed by atoms with van der Waals surface area (Å²) in [5.74, 6) is 0. The molecule has 0 aromatic rings. The standard InChI is InChI=1S/C18H34N2/c1-2-7-18(10-6-13-19-18)16-20-14-11-17(12-15-20)8-4-3-5-9-17/h19H,2-16H2,1H3. The maximum atomic E-state index is 3.85. The number of rotatable bonds is 4. The van der Waals surface area contributed by atoms with Crippen molar-refractivity contribution in [3.05, 3.63) is 0 Å². The molecule has 2 aliphatic heterocycles. The molecule has 1 N–H and O–H groups in total. The Hall–Kier alpha value is -0.0800. The predicted octanol–water partition coefficient (Wildman–Crippen LogP) is 3.96. The van der Waals surface area contributed by atoms with Gasteiger partial charge in [0.1, 0.15) is 0 Å². The molecule has 3 fully saturated rings. The third-order valence-corrected chi connectivity index (χ3v) is 6.42. The van der Waals surface area contributed by atoms with Gasteiger partial charge in [-0.2, -0.15) is 0 Å². The van der Waals surface area contributed by atoms with Crippen LogP contribution in [0, 0.1) is 5.41 Å². The predicted molar refractivity (Wildman–Crippen MR) is 86.1 cm³/mol. The van der Waals surface area contributed by atoms with Crippen LogP contribution in [0.5, 0.6) is 0 Å². The van der Waals surface area contributed by atoms with E-state index in [1.165, 1.54) is 96.8 Å². The quantitative estimate of drug-likeness (QED) is 0.837. The molecule has 1 spiro atoms. The van der Waals surface area contributed by atoms with E-state index in [4.69, 9.17) is 0 Å². The molecule has 1 saturated carbocycles. The average Bonchev–Trinajstić information content (AvgIpc) is 2.92. The fraction of sp³-hybridized carbons (Fsp3) is 1.00. The normalized spacial score (nSPS) is 34.6. The smallest absolute Gasteiger partial charge is 0.0309 e. The number of piperidine rings is 1. The maximum absolute atomic E-state index is 3.85. The molecule has 2 heterocycles. The zero-order chi connectivity index (χ0) is 13.9. The highest BCUT2D eigenvalue weighted by molar-refractivity contribution is 4.97. The monoisotopic (exact) mass is 278 g/mol. The Morgan fingerprint density at radius 3 is 2.25 bits per heavy atom. The summed E-state index contributed by atoms with van der Waals surface area (Å²) in [5, 5.41) is 3.85. The van der Waals surface area contributed by atoms with Gasteiger partial charge in [-0.1, -0.05) is 32.6 Å². The summed E-state index contributed by atoms with van der Waals surface area (Å²) in [6, 6.07) is 0. The van der Waals surface area contributed by atoms with Crippen LogP contribution in [0.2, 0.25) is 0 Å². The first-order chi connectivity index (χ1) is 9.76. The van der Waals surface area contributed by atoms with Crippen molar-refractivity contribution in [1.29, 1.82) is 0 Å². The van der Waals surface area contributed by atoms with Crippen LogP contribution in [0.1, 0.15) is 77.6 Å². The fourth-order valence-electron chi connectivity index (χ4n) is 5.19. The molecule has 3 aliphatic rings. The summed E-state index contributed by atoms with van der Waals surface area (Å²) >= 11 is 0. The van der Waals surface area contributed by atoms with Crippen LogP contribution in [-0.2, 0) is 0 Å². The molecule has 3 rings (SSSR count). The first-order valence-electron chi connectivity index (χ1n) is 9.23. The van der Waals surface area contributed by atoms with E-state index in [1.54, 1.807) is 0 Å². The van der Waals surface area contributed by atoms with Crippen molar-refractivity contribution >= 4 is 0 Å². The van der Waals surface area contributed by atoms with Gasteiger partial charge >= 0.3 is 0 Å². The molecule has 0 radical (unpaired) electrons. The second-order valence-electron chi connectivity index (χ2n) is 7.90. The minimum absolute atomic E-state index is 0.464. The first kappa shape index (κ1) is 14.8. The molecular formula is C18H34N2. The van der Waals surface area contributed by atoms with E-state index >= 15 is 0 Å². The molecule has 1 unspecified atom stereocenters. The van der Waals surface area contributed by atoms with Crippen LogP contribution in [0.15, 0.2) is 0 Å². The van der Waals surface area contributed by atoms with Crippen LogP contribution >= 0.6 is 0 Å². The highest BCUT2D eigenvalue weighted by Crippen LogP contribution is 2.44. The molecule has 20 heavy (non-hydrogen) atoms. The fourth-order valence-corrected chi connectivity index (χ4v) is 5.19. The van der Waals surface area contributed by atoms with E-state index in [1.807, 2.05) is 0 Å². The summed E-state index contributed by atoms with van der Waals surface area (Å²) in [6.07, 6.45) is 16.0. The highest BCUT2D eigenvalue weighted by atomic mass is 15.2. The van der Waals surface area contributed by atoms with Crippen molar-refractivity contribution in [3.8, 4) is 0 Å². The van der Waals surface area contributed by atoms with Gasteiger partial charge in [-0.25, -0.2) is 0 Å². The van der Waals surface area contributed by atoms with Crippen LogP contribution in [-0.4, -0.2) is 36.6 Å². The Morgan fingerprint density at radius 1 is 0.900 bits per heavy atom. The van der Waals surface area contributed by atoms with E-state index in [2.05, 4.69) is 17.1 Å². The van der Waals surface area contributed by atoms with E-state index in [-0.39, 0.29) is 0 Å². The lowest BCUT2D eigenvalue weighted by Crippen LogP contribution is -2.52. The number of nitrogens with zero attached hydrogens (tertiary/aromatic N) is 1. The summed E-state index contributed by atoms with van der Waals surface area (Å²) in [4.78, 5) is 2.79. The van der Waals surface area contributed by atoms with E-state index in [0.29, 0.717) is 5.54 Å². The van der Waals surface area contributed by atoms with Gasteiger partial charge in [0.2, 0.25) is 0 Å². The molecule has 1 atom stereocenters. The Kier molecular flexibility index (Phi) is 4.72. The van der Waals surface area contributed by atoms with E-state index in [0.717, 1.165) is 5.41 Å². The van der Waals surface area contributed by atoms with Crippen LogP contribution < -0.4 is 5.32 Å². The van der Waals surface area contributed by atoms with Crippen LogP contribution in [0.4, 0.5) is 0 Å². The molecule has 0 amide bonds. The first-order valence-corrected chi connectivity index (χ1v) is 9.23. The number of nitrogens with one attached hydrogen (secondary N) is 1. The van der Waals surface area contributed by atoms with E-state index in [9.17, 15) is 0 Å². The molecule has 0 aromatic heterocycles. The van der Waals surface area contributed by atoms with Gasteiger partial charge in [0.05, 0.1) is 0 Å². The lowest BCUT2D eigenvalue weighted by atomic mass is 9.68. The molecule has 2 nitrogen and oxygen atoms in total. The SMILES string of the molecule is CCCC1(CN2CCC3(CCCCC3)CC2)CCCN1. The highest BCUT2D eigenvalue weighted by Gasteiger charge is 2.39. The lowest BCUT2D eigenvalue weighted by molar-refractivity contribution is 0.0518. The minimum Gasteiger partial charge on any atom is -0.310 e. The van der Waals surface area contributed by atoms with Gasteiger partial charge < -0.3 is 10.2 Å². The Bertz CT molecular complexity index is 291. The summed E-state index contributed by atoms with van der Waals surface area (Å²) in [7, 11) is 0. The molecule has 1 aliphatic carbocycles. The third kappa shape index (κ3) is 3.22. The van der Waals surface area contributed by atoms with Crippen molar-refractivity contribution in [3.63, 3.8) is 0 Å². The van der Waals surface area contributed by atoms with Gasteiger partial charge in [-0.05, 0) is 70.0 Å². The van der Waals surface area contributed by atoms with E-state index < -0.39 is 0 Å². The van der Waals surface area contributed by atoms with Crippen LogP contribution in [0.25, 0.3) is 0 Å². The number of likely N-dealkylation sites (tertiary alicyclic amines) is 1. The van der Waals surface area contributed by atoms with Crippen molar-refractivity contribution in [2.75, 3.05) is 26.2 Å². The molecule has 0 bridgehead atoms. The zero-order valence-electron chi connectivity index (χ0n) is 13.6. The zero-order valence-corrected chi connectivity index (χ0v) is 13.6. The molecule has 2 heteroatoms. The maximum Gasteiger partial charge on any atom is 0.0309 e. The second kappa shape index (κ2) is 6.36. The Balaban J connectivity index is 1.52. The van der Waals surface area contributed by atoms with Gasteiger partial charge in [-0.3, -0.25) is 0 Å². The van der Waals surface area contributed by atoms with Gasteiger partial charge in [0.15, 0.2) is 0 Å². The van der Waals surface area contributed by atoms with Gasteiger partial charge in [0.25, 0.3) is 0 Å². The minimum atomic E-state index is 0.464. The molecule has 2 saturated heterocycles. The molecule has 116 valence electrons. The average molecular weight is 278 g/mol. The van der Waals surface area contributed by atoms with Crippen LogP contribution in [0.3, 0.4) is 0 Å². The topological polar surface area (TPSA) is 15.3 Å². The summed E-state index contributed by atoms with van der Waals surface area (Å²) in [6.45, 7) is 7.64. The summed E-state index contributed by atoms with van der Waals surface area (Å²) < 4.78 is 0. The lowest BCUT2D eigenvalue weighted by Gasteiger charge is -2.46. The van der Waals surface area contributed by atoms with Gasteiger partial charge in [0, 0.05) is 12.1 Å². The van der Waals surface area contributed by atoms with Crippen molar-refractivity contribution in [2.24, 2.45) is 5.41 Å². The van der Waals surface area contributed by atoms with Crippen molar-refractivity contribution < 1.29 is 0 Å². The Labute approximate surface area is 125 Å². The van der Waals surface area contributed by atoms with Gasteiger partial charge in [-0.15, -0.1) is 0 Å². The molecule has 0 aromatic carbocycles. The molecular weight excluding hydrogens is 244 g/mol. The Morgan fingerprint density at radius 2 is 1.65 bits per heavy atom. The summed E-state index contributed by atoms with van der Waals surface area (Å²) in [5.41, 5.74) is 1.22. The largest absolute Gasteiger partial charge is 0.310 e. The number of hydrogen-bond acceptors (Lipinski definition) is 2. The third-order valence-electron chi connectivity index (χ3n) is 6.42. The number of hydrogen-bond donors (Lipinski definition) is 1. The van der Waals surface area contributed by atoms with Crippen molar-refractivity contribution in [2.45, 2.75) is 83.1 Å².